The second-order valence-electron chi connectivity index (χ2n) is 1.19. The van der Waals surface area contributed by atoms with Gasteiger partial charge in [-0.3, -0.25) is 0 Å². The minimum atomic E-state index is -1.15. The first-order chi connectivity index (χ1) is 4.16. The second kappa shape index (κ2) is 3.85. The van der Waals surface area contributed by atoms with Crippen LogP contribution in [0.25, 0.3) is 0 Å². The number of carboxylic acid groups (broad SMARTS) is 1. The molecule has 4 nitrogen and oxygen atoms in total. The lowest BCUT2D eigenvalue weighted by Gasteiger charge is -1.86. The van der Waals surface area contributed by atoms with Crippen LogP contribution in [0.5, 0.6) is 0 Å². The Labute approximate surface area is 54.7 Å². The van der Waals surface area contributed by atoms with Crippen LogP contribution in [0.15, 0.2) is 12.2 Å². The fourth-order valence-corrected chi connectivity index (χ4v) is 0.343. The van der Waals surface area contributed by atoms with Crippen LogP contribution in [0.4, 0.5) is 0 Å². The summed E-state index contributed by atoms with van der Waals surface area (Å²) >= 11 is 0. The molecule has 0 rings (SSSR count). The summed E-state index contributed by atoms with van der Waals surface area (Å²) < 4.78 is 4.25. The third-order valence-electron chi connectivity index (χ3n) is 0.563. The van der Waals surface area contributed by atoms with Crippen molar-refractivity contribution in [3.63, 3.8) is 0 Å². The van der Waals surface area contributed by atoms with E-state index in [1.54, 1.807) is 0 Å². The highest BCUT2D eigenvalue weighted by molar-refractivity contribution is 6.08. The molecule has 5 heteroatoms. The summed E-state index contributed by atoms with van der Waals surface area (Å²) in [4.78, 5) is 19.9. The Balaban J connectivity index is 3.71. The molecule has 0 aromatic rings. The molecule has 0 aliphatic carbocycles. The number of carbonyl (C=O) groups excluding carboxylic acids is 1. The van der Waals surface area contributed by atoms with Crippen LogP contribution in [0.3, 0.4) is 0 Å². The van der Waals surface area contributed by atoms with E-state index in [2.05, 4.69) is 4.43 Å². The van der Waals surface area contributed by atoms with E-state index in [1.807, 2.05) is 0 Å². The third-order valence-corrected chi connectivity index (χ3v) is 0.966. The van der Waals surface area contributed by atoms with E-state index >= 15 is 0 Å². The Morgan fingerprint density at radius 1 is 1.44 bits per heavy atom. The average molecular weight is 146 g/mol. The molecule has 0 aromatic carbocycles. The molecule has 0 heterocycles. The van der Waals surface area contributed by atoms with Crippen molar-refractivity contribution in [2.24, 2.45) is 0 Å². The molecule has 0 radical (unpaired) electrons. The smallest absolute Gasteiger partial charge is 0.328 e. The van der Waals surface area contributed by atoms with E-state index in [1.165, 1.54) is 0 Å². The summed E-state index contributed by atoms with van der Waals surface area (Å²) in [5.74, 6) is -1.76. The standard InChI is InChI=1S/C4H6O4Si/c5-3(6)1-2-4(7)8-9/h1-2H,9H3,(H,5,6). The molecule has 9 heavy (non-hydrogen) atoms. The Kier molecular flexibility index (Phi) is 3.37. The molecule has 0 aliphatic rings. The minimum absolute atomic E-state index is 0.289. The molecule has 0 aliphatic heterocycles. The lowest BCUT2D eigenvalue weighted by Crippen LogP contribution is -1.97. The highest BCUT2D eigenvalue weighted by atomic mass is 28.2. The fraction of sp³-hybridized carbons (Fsp3) is 0. The molecule has 0 saturated heterocycles. The summed E-state index contributed by atoms with van der Waals surface area (Å²) in [5, 5.41) is 7.97. The van der Waals surface area contributed by atoms with Gasteiger partial charge in [-0.1, -0.05) is 0 Å². The summed E-state index contributed by atoms with van der Waals surface area (Å²) in [6.07, 6.45) is 1.61. The van der Waals surface area contributed by atoms with E-state index in [4.69, 9.17) is 5.11 Å². The number of carboxylic acids is 1. The van der Waals surface area contributed by atoms with Gasteiger partial charge in [0, 0.05) is 12.2 Å². The zero-order chi connectivity index (χ0) is 7.28. The number of hydrogen-bond donors (Lipinski definition) is 1. The van der Waals surface area contributed by atoms with Crippen molar-refractivity contribution in [1.82, 2.24) is 0 Å². The van der Waals surface area contributed by atoms with Crippen molar-refractivity contribution < 1.29 is 19.1 Å². The van der Waals surface area contributed by atoms with Crippen LogP contribution in [-0.2, 0) is 14.0 Å². The molecule has 0 bridgehead atoms. The number of hydrogen-bond acceptors (Lipinski definition) is 3. The molecule has 0 unspecified atom stereocenters. The summed E-state index contributed by atoms with van der Waals surface area (Å²) in [5.41, 5.74) is 0. The molecule has 0 saturated carbocycles. The first-order valence-electron chi connectivity index (χ1n) is 2.15. The van der Waals surface area contributed by atoms with Crippen molar-refractivity contribution in [2.45, 2.75) is 0 Å². The lowest BCUT2D eigenvalue weighted by atomic mass is 10.5. The number of rotatable bonds is 2. The average Bonchev–Trinajstić information content (AvgIpc) is 1.83. The molecule has 50 valence electrons. The zero-order valence-electron chi connectivity index (χ0n) is 4.83. The first-order valence-corrected chi connectivity index (χ1v) is 2.97. The first kappa shape index (κ1) is 7.90. The van der Waals surface area contributed by atoms with E-state index in [0.29, 0.717) is 0 Å². The van der Waals surface area contributed by atoms with Gasteiger partial charge in [-0.15, -0.1) is 0 Å². The van der Waals surface area contributed by atoms with Crippen LogP contribution in [0.2, 0.25) is 0 Å². The fourth-order valence-electron chi connectivity index (χ4n) is 0.207. The van der Waals surface area contributed by atoms with Crippen molar-refractivity contribution in [1.29, 1.82) is 0 Å². The largest absolute Gasteiger partial charge is 0.526 e. The van der Waals surface area contributed by atoms with Gasteiger partial charge in [0.1, 0.15) is 0 Å². The highest BCUT2D eigenvalue weighted by Crippen LogP contribution is 1.75. The predicted octanol–water partition coefficient (Wildman–Crippen LogP) is -1.55. The quantitative estimate of drug-likeness (QED) is 0.378. The molecule has 0 aromatic heterocycles. The lowest BCUT2D eigenvalue weighted by molar-refractivity contribution is -0.133. The topological polar surface area (TPSA) is 63.6 Å². The Bertz CT molecular complexity index is 151. The molecule has 0 amide bonds. The van der Waals surface area contributed by atoms with Crippen LogP contribution in [-0.4, -0.2) is 27.5 Å². The van der Waals surface area contributed by atoms with Crippen molar-refractivity contribution in [3.8, 4) is 0 Å². The Morgan fingerprint density at radius 2 is 2.00 bits per heavy atom. The van der Waals surface area contributed by atoms with Gasteiger partial charge in [0.15, 0.2) is 0 Å². The van der Waals surface area contributed by atoms with Gasteiger partial charge >= 0.3 is 11.9 Å². The van der Waals surface area contributed by atoms with Crippen molar-refractivity contribution >= 4 is 22.4 Å². The number of carbonyl (C=O) groups is 2. The van der Waals surface area contributed by atoms with Gasteiger partial charge in [0.2, 0.25) is 10.5 Å². The van der Waals surface area contributed by atoms with Crippen molar-refractivity contribution in [3.05, 3.63) is 12.2 Å². The molecular weight excluding hydrogens is 140 g/mol. The maximum Gasteiger partial charge on any atom is 0.328 e. The van der Waals surface area contributed by atoms with Crippen LogP contribution >= 0.6 is 0 Å². The van der Waals surface area contributed by atoms with Crippen LogP contribution < -0.4 is 0 Å². The number of aliphatic carboxylic acids is 1. The molecule has 0 spiro atoms. The second-order valence-corrected chi connectivity index (χ2v) is 1.60. The van der Waals surface area contributed by atoms with E-state index in [-0.39, 0.29) is 10.5 Å². The molecule has 0 atom stereocenters. The maximum absolute atomic E-state index is 10.2. The van der Waals surface area contributed by atoms with Gasteiger partial charge < -0.3 is 9.53 Å². The monoisotopic (exact) mass is 146 g/mol. The van der Waals surface area contributed by atoms with E-state index < -0.39 is 11.9 Å². The Morgan fingerprint density at radius 3 is 2.33 bits per heavy atom. The van der Waals surface area contributed by atoms with Gasteiger partial charge in [0.05, 0.1) is 0 Å². The van der Waals surface area contributed by atoms with Gasteiger partial charge in [-0.05, 0) is 0 Å². The van der Waals surface area contributed by atoms with E-state index in [9.17, 15) is 9.59 Å². The summed E-state index contributed by atoms with van der Waals surface area (Å²) in [7, 11) is 0.289. The maximum atomic E-state index is 10.2. The van der Waals surface area contributed by atoms with E-state index in [0.717, 1.165) is 12.2 Å². The highest BCUT2D eigenvalue weighted by Gasteiger charge is 1.91. The van der Waals surface area contributed by atoms with Gasteiger partial charge in [0.25, 0.3) is 0 Å². The molecule has 1 N–H and O–H groups in total. The van der Waals surface area contributed by atoms with Gasteiger partial charge in [-0.25, -0.2) is 9.59 Å². The SMILES string of the molecule is O=C(O)C=CC(=O)O[SiH3]. The predicted molar refractivity (Wildman–Crippen MR) is 32.8 cm³/mol. The minimum Gasteiger partial charge on any atom is -0.526 e. The van der Waals surface area contributed by atoms with Crippen LogP contribution in [0.1, 0.15) is 0 Å². The zero-order valence-corrected chi connectivity index (χ0v) is 6.83. The Hall–Kier alpha value is -1.10. The summed E-state index contributed by atoms with van der Waals surface area (Å²) in [6, 6.07) is 0. The molecular formula is C4H6O4Si. The van der Waals surface area contributed by atoms with Crippen LogP contribution in [0, 0.1) is 0 Å². The molecule has 0 fully saturated rings. The van der Waals surface area contributed by atoms with Crippen molar-refractivity contribution in [2.75, 3.05) is 0 Å². The third kappa shape index (κ3) is 4.76. The summed E-state index contributed by atoms with van der Waals surface area (Å²) in [6.45, 7) is 0. The normalized spacial score (nSPS) is 9.78. The van der Waals surface area contributed by atoms with Gasteiger partial charge in [-0.2, -0.15) is 0 Å².